The van der Waals surface area contributed by atoms with Gasteiger partial charge in [-0.2, -0.15) is 5.10 Å². The van der Waals surface area contributed by atoms with E-state index in [1.165, 1.54) is 0 Å². The molecule has 0 saturated heterocycles. The molecule has 5 heteroatoms. The van der Waals surface area contributed by atoms with E-state index in [1.54, 1.807) is 13.3 Å². The second kappa shape index (κ2) is 7.40. The minimum atomic E-state index is 0.440. The van der Waals surface area contributed by atoms with Crippen LogP contribution in [-0.4, -0.2) is 18.4 Å². The number of ether oxygens (including phenoxy) is 1. The molecular formula is C16H17N3OS. The molecule has 2 N–H and O–H groups in total. The van der Waals surface area contributed by atoms with E-state index in [4.69, 9.17) is 17.0 Å². The van der Waals surface area contributed by atoms with Crippen LogP contribution in [0.5, 0.6) is 5.75 Å². The lowest BCUT2D eigenvalue weighted by Gasteiger charge is -2.09. The molecule has 108 valence electrons. The molecule has 0 aliphatic carbocycles. The van der Waals surface area contributed by atoms with Gasteiger partial charge in [-0.25, -0.2) is 0 Å². The lowest BCUT2D eigenvalue weighted by Crippen LogP contribution is -2.24. The van der Waals surface area contributed by atoms with Gasteiger partial charge in [0.1, 0.15) is 5.75 Å². The summed E-state index contributed by atoms with van der Waals surface area (Å²) in [5, 5.41) is 7.66. The van der Waals surface area contributed by atoms with E-state index >= 15 is 0 Å². The summed E-state index contributed by atoms with van der Waals surface area (Å²) in [5.41, 5.74) is 5.75. The van der Waals surface area contributed by atoms with Gasteiger partial charge in [-0.3, -0.25) is 5.43 Å². The number of hydrogen-bond acceptors (Lipinski definition) is 3. The minimum Gasteiger partial charge on any atom is -0.496 e. The highest BCUT2D eigenvalue weighted by Crippen LogP contribution is 2.15. The number of hydrogen-bond donors (Lipinski definition) is 2. The van der Waals surface area contributed by atoms with E-state index in [2.05, 4.69) is 15.8 Å². The van der Waals surface area contributed by atoms with Crippen molar-refractivity contribution < 1.29 is 4.74 Å². The van der Waals surface area contributed by atoms with Crippen LogP contribution in [0.4, 0.5) is 5.69 Å². The summed E-state index contributed by atoms with van der Waals surface area (Å²) >= 11 is 5.21. The monoisotopic (exact) mass is 299 g/mol. The van der Waals surface area contributed by atoms with Crippen molar-refractivity contribution in [3.05, 3.63) is 59.7 Å². The molecule has 0 aliphatic rings. The Labute approximate surface area is 129 Å². The van der Waals surface area contributed by atoms with Crippen molar-refractivity contribution >= 4 is 29.2 Å². The maximum absolute atomic E-state index is 5.25. The summed E-state index contributed by atoms with van der Waals surface area (Å²) in [6, 6.07) is 15.6. The second-order valence-electron chi connectivity index (χ2n) is 4.38. The Morgan fingerprint density at radius 2 is 1.86 bits per heavy atom. The summed E-state index contributed by atoms with van der Waals surface area (Å²) in [4.78, 5) is 0. The first-order valence-corrected chi connectivity index (χ1v) is 6.90. The van der Waals surface area contributed by atoms with Crippen molar-refractivity contribution in [2.75, 3.05) is 12.4 Å². The summed E-state index contributed by atoms with van der Waals surface area (Å²) in [6.07, 6.45) is 1.67. The van der Waals surface area contributed by atoms with Crippen LogP contribution in [0.2, 0.25) is 0 Å². The van der Waals surface area contributed by atoms with E-state index in [0.717, 1.165) is 22.6 Å². The zero-order valence-electron chi connectivity index (χ0n) is 12.0. The summed E-state index contributed by atoms with van der Waals surface area (Å²) in [6.45, 7) is 2.02. The smallest absolute Gasteiger partial charge is 0.191 e. The topological polar surface area (TPSA) is 45.6 Å². The van der Waals surface area contributed by atoms with Gasteiger partial charge in [-0.1, -0.05) is 30.3 Å². The second-order valence-corrected chi connectivity index (χ2v) is 4.79. The number of benzene rings is 2. The third-order valence-electron chi connectivity index (χ3n) is 2.90. The minimum absolute atomic E-state index is 0.440. The van der Waals surface area contributed by atoms with Crippen LogP contribution < -0.4 is 15.5 Å². The number of nitrogens with zero attached hydrogens (tertiary/aromatic N) is 1. The van der Waals surface area contributed by atoms with Crippen LogP contribution in [0.15, 0.2) is 53.6 Å². The molecule has 0 bridgehead atoms. The third kappa shape index (κ3) is 4.29. The molecule has 2 aromatic rings. The number of anilines is 1. The fraction of sp³-hybridized carbons (Fsp3) is 0.125. The molecular weight excluding hydrogens is 282 g/mol. The molecule has 0 spiro atoms. The summed E-state index contributed by atoms with van der Waals surface area (Å²) in [7, 11) is 1.63. The Bertz CT molecular complexity index is 655. The zero-order chi connectivity index (χ0) is 15.1. The molecule has 0 radical (unpaired) electrons. The van der Waals surface area contributed by atoms with Gasteiger partial charge in [-0.05, 0) is 42.9 Å². The van der Waals surface area contributed by atoms with E-state index in [0.29, 0.717) is 5.11 Å². The highest BCUT2D eigenvalue weighted by Gasteiger charge is 2.00. The van der Waals surface area contributed by atoms with E-state index < -0.39 is 0 Å². The Morgan fingerprint density at radius 3 is 2.62 bits per heavy atom. The highest BCUT2D eigenvalue weighted by molar-refractivity contribution is 7.80. The molecule has 21 heavy (non-hydrogen) atoms. The Hall–Kier alpha value is -2.40. The average Bonchev–Trinajstić information content (AvgIpc) is 2.50. The predicted octanol–water partition coefficient (Wildman–Crippen LogP) is 3.32. The number of methoxy groups -OCH3 is 1. The van der Waals surface area contributed by atoms with Crippen molar-refractivity contribution in [1.29, 1.82) is 0 Å². The molecule has 0 aliphatic heterocycles. The Balaban J connectivity index is 1.95. The van der Waals surface area contributed by atoms with E-state index in [-0.39, 0.29) is 0 Å². The van der Waals surface area contributed by atoms with Crippen LogP contribution in [0, 0.1) is 6.92 Å². The molecule has 0 unspecified atom stereocenters. The van der Waals surface area contributed by atoms with E-state index in [9.17, 15) is 0 Å². The molecule has 0 aromatic heterocycles. The van der Waals surface area contributed by atoms with Gasteiger partial charge >= 0.3 is 0 Å². The number of rotatable bonds is 4. The standard InChI is InChI=1S/C16H17N3OS/c1-12-7-3-5-9-14(12)18-16(21)19-17-11-13-8-4-6-10-15(13)20-2/h3-11H,1-2H3,(H2,18,19,21)/b17-11+. The van der Waals surface area contributed by atoms with E-state index in [1.807, 2.05) is 55.5 Å². The predicted molar refractivity (Wildman–Crippen MR) is 91.1 cm³/mol. The maximum atomic E-state index is 5.25. The SMILES string of the molecule is COc1ccccc1/C=N/NC(=S)Nc1ccccc1C. The number of aryl methyl sites for hydroxylation is 1. The van der Waals surface area contributed by atoms with Crippen LogP contribution in [0.1, 0.15) is 11.1 Å². The molecule has 0 amide bonds. The number of para-hydroxylation sites is 2. The molecule has 0 fully saturated rings. The Morgan fingerprint density at radius 1 is 1.14 bits per heavy atom. The average molecular weight is 299 g/mol. The van der Waals surface area contributed by atoms with Crippen LogP contribution in [0.3, 0.4) is 0 Å². The quantitative estimate of drug-likeness (QED) is 0.516. The maximum Gasteiger partial charge on any atom is 0.191 e. The number of thiocarbonyl (C=S) groups is 1. The van der Waals surface area contributed by atoms with Crippen LogP contribution >= 0.6 is 12.2 Å². The fourth-order valence-corrected chi connectivity index (χ4v) is 1.96. The first-order valence-electron chi connectivity index (χ1n) is 6.49. The van der Waals surface area contributed by atoms with Gasteiger partial charge in [0.05, 0.1) is 13.3 Å². The molecule has 2 rings (SSSR count). The normalized spacial score (nSPS) is 10.4. The largest absolute Gasteiger partial charge is 0.496 e. The molecule has 0 heterocycles. The van der Waals surface area contributed by atoms with Gasteiger partial charge < -0.3 is 10.1 Å². The summed E-state index contributed by atoms with van der Waals surface area (Å²) in [5.74, 6) is 0.765. The van der Waals surface area contributed by atoms with Gasteiger partial charge in [0, 0.05) is 11.3 Å². The van der Waals surface area contributed by atoms with Gasteiger partial charge in [0.15, 0.2) is 5.11 Å². The van der Waals surface area contributed by atoms with Gasteiger partial charge in [0.2, 0.25) is 0 Å². The molecule has 2 aromatic carbocycles. The number of nitrogens with one attached hydrogen (secondary N) is 2. The summed E-state index contributed by atoms with van der Waals surface area (Å²) < 4.78 is 5.25. The van der Waals surface area contributed by atoms with Crippen molar-refractivity contribution in [1.82, 2.24) is 5.43 Å². The van der Waals surface area contributed by atoms with Gasteiger partial charge in [0.25, 0.3) is 0 Å². The molecule has 4 nitrogen and oxygen atoms in total. The van der Waals surface area contributed by atoms with Crippen molar-refractivity contribution in [2.45, 2.75) is 6.92 Å². The van der Waals surface area contributed by atoms with Crippen LogP contribution in [0.25, 0.3) is 0 Å². The van der Waals surface area contributed by atoms with Gasteiger partial charge in [-0.15, -0.1) is 0 Å². The lowest BCUT2D eigenvalue weighted by atomic mass is 10.2. The van der Waals surface area contributed by atoms with Crippen molar-refractivity contribution in [3.8, 4) is 5.75 Å². The first-order chi connectivity index (χ1) is 10.2. The van der Waals surface area contributed by atoms with Crippen molar-refractivity contribution in [2.24, 2.45) is 5.10 Å². The molecule has 0 atom stereocenters. The highest BCUT2D eigenvalue weighted by atomic mass is 32.1. The molecule has 0 saturated carbocycles. The van der Waals surface area contributed by atoms with Crippen LogP contribution in [-0.2, 0) is 0 Å². The number of hydrazone groups is 1. The fourth-order valence-electron chi connectivity index (χ4n) is 1.80. The lowest BCUT2D eigenvalue weighted by molar-refractivity contribution is 0.414. The third-order valence-corrected chi connectivity index (χ3v) is 3.10. The first kappa shape index (κ1) is 15.0. The Kier molecular flexibility index (Phi) is 5.29. The van der Waals surface area contributed by atoms with Crippen molar-refractivity contribution in [3.63, 3.8) is 0 Å². The zero-order valence-corrected chi connectivity index (χ0v) is 12.8.